The third-order valence-electron chi connectivity index (χ3n) is 3.33. The van der Waals surface area contributed by atoms with Crippen LogP contribution in [0.15, 0.2) is 35.5 Å². The summed E-state index contributed by atoms with van der Waals surface area (Å²) in [5.41, 5.74) is 1.84. The molecule has 6 heteroatoms. The van der Waals surface area contributed by atoms with Gasteiger partial charge in [-0.15, -0.1) is 0 Å². The minimum Gasteiger partial charge on any atom is -0.463 e. The Kier molecular flexibility index (Phi) is 5.49. The summed E-state index contributed by atoms with van der Waals surface area (Å²) in [5, 5.41) is 6.48. The fourth-order valence-corrected chi connectivity index (χ4v) is 2.69. The molecule has 0 unspecified atom stereocenters. The van der Waals surface area contributed by atoms with E-state index in [4.69, 9.17) is 17.0 Å². The first-order valence-electron chi connectivity index (χ1n) is 7.30. The Morgan fingerprint density at radius 1 is 1.41 bits per heavy atom. The van der Waals surface area contributed by atoms with Crippen molar-refractivity contribution in [3.8, 4) is 0 Å². The Hall–Kier alpha value is -1.95. The van der Waals surface area contributed by atoms with Gasteiger partial charge in [-0.25, -0.2) is 9.18 Å². The van der Waals surface area contributed by atoms with Gasteiger partial charge in [0.1, 0.15) is 5.82 Å². The van der Waals surface area contributed by atoms with E-state index < -0.39 is 12.0 Å². The first-order chi connectivity index (χ1) is 10.6. The highest BCUT2D eigenvalue weighted by atomic mass is 32.1. The van der Waals surface area contributed by atoms with Crippen molar-refractivity contribution in [2.24, 2.45) is 0 Å². The molecule has 0 radical (unpaired) electrons. The van der Waals surface area contributed by atoms with Gasteiger partial charge in [0.2, 0.25) is 0 Å². The minimum absolute atomic E-state index is 0.280. The van der Waals surface area contributed by atoms with Crippen LogP contribution in [-0.4, -0.2) is 17.7 Å². The second-order valence-electron chi connectivity index (χ2n) is 4.95. The Labute approximate surface area is 134 Å². The van der Waals surface area contributed by atoms with Crippen LogP contribution in [0.1, 0.15) is 38.3 Å². The van der Waals surface area contributed by atoms with Crippen molar-refractivity contribution in [1.29, 1.82) is 0 Å². The standard InChI is InChI=1S/C16H19FN2O2S/c1-3-6-12-13(15(20)21-4-2)14(19-16(22)18-12)10-7-5-8-11(17)9-10/h5,7-9,14H,3-4,6H2,1-2H3,(H2,18,19,22)/t14-/m1/s1. The molecule has 1 heterocycles. The number of esters is 1. The molecule has 22 heavy (non-hydrogen) atoms. The molecule has 1 aliphatic heterocycles. The van der Waals surface area contributed by atoms with Crippen LogP contribution in [-0.2, 0) is 9.53 Å². The maximum atomic E-state index is 13.5. The van der Waals surface area contributed by atoms with Crippen molar-refractivity contribution >= 4 is 23.3 Å². The van der Waals surface area contributed by atoms with E-state index in [1.165, 1.54) is 12.1 Å². The lowest BCUT2D eigenvalue weighted by atomic mass is 9.94. The number of carbonyl (C=O) groups excluding carboxylic acids is 1. The summed E-state index contributed by atoms with van der Waals surface area (Å²) in [4.78, 5) is 12.4. The molecule has 0 saturated heterocycles. The fourth-order valence-electron chi connectivity index (χ4n) is 2.45. The third kappa shape index (κ3) is 3.62. The molecule has 0 fully saturated rings. The first kappa shape index (κ1) is 16.4. The summed E-state index contributed by atoms with van der Waals surface area (Å²) < 4.78 is 18.7. The Balaban J connectivity index is 2.49. The smallest absolute Gasteiger partial charge is 0.338 e. The normalized spacial score (nSPS) is 17.8. The maximum Gasteiger partial charge on any atom is 0.338 e. The van der Waals surface area contributed by atoms with Crippen LogP contribution in [0.25, 0.3) is 0 Å². The number of hydrogen-bond acceptors (Lipinski definition) is 3. The lowest BCUT2D eigenvalue weighted by Crippen LogP contribution is -2.45. The van der Waals surface area contributed by atoms with Gasteiger partial charge in [0.15, 0.2) is 5.11 Å². The van der Waals surface area contributed by atoms with E-state index in [0.717, 1.165) is 12.1 Å². The molecule has 0 amide bonds. The Bertz CT molecular complexity index is 616. The molecule has 0 bridgehead atoms. The summed E-state index contributed by atoms with van der Waals surface area (Å²) in [6, 6.07) is 5.62. The summed E-state index contributed by atoms with van der Waals surface area (Å²) >= 11 is 5.21. The summed E-state index contributed by atoms with van der Waals surface area (Å²) in [6.07, 6.45) is 1.52. The predicted octanol–water partition coefficient (Wildman–Crippen LogP) is 2.96. The van der Waals surface area contributed by atoms with Crippen LogP contribution in [0.3, 0.4) is 0 Å². The van der Waals surface area contributed by atoms with Crippen LogP contribution < -0.4 is 10.6 Å². The van der Waals surface area contributed by atoms with Crippen LogP contribution >= 0.6 is 12.2 Å². The molecule has 0 aromatic heterocycles. The number of hydrogen-bond donors (Lipinski definition) is 2. The summed E-state index contributed by atoms with van der Waals surface area (Å²) in [7, 11) is 0. The lowest BCUT2D eigenvalue weighted by molar-refractivity contribution is -0.139. The van der Waals surface area contributed by atoms with Gasteiger partial charge in [0.25, 0.3) is 0 Å². The molecule has 1 aromatic rings. The molecule has 1 aliphatic rings. The van der Waals surface area contributed by atoms with Crippen molar-refractivity contribution in [2.75, 3.05) is 6.61 Å². The number of allylic oxidation sites excluding steroid dienone is 1. The number of ether oxygens (including phenoxy) is 1. The molecular weight excluding hydrogens is 303 g/mol. The van der Waals surface area contributed by atoms with Crippen molar-refractivity contribution in [1.82, 2.24) is 10.6 Å². The highest BCUT2D eigenvalue weighted by Gasteiger charge is 2.32. The van der Waals surface area contributed by atoms with Gasteiger partial charge >= 0.3 is 5.97 Å². The first-order valence-corrected chi connectivity index (χ1v) is 7.70. The SMILES string of the molecule is CCCC1=C(C(=O)OCC)[C@@H](c2cccc(F)c2)NC(=S)N1. The minimum atomic E-state index is -0.509. The quantitative estimate of drug-likeness (QED) is 0.645. The third-order valence-corrected chi connectivity index (χ3v) is 3.55. The number of rotatable bonds is 5. The molecule has 118 valence electrons. The number of nitrogens with one attached hydrogen (secondary N) is 2. The molecule has 0 saturated carbocycles. The summed E-state index contributed by atoms with van der Waals surface area (Å²) in [6.45, 7) is 4.05. The zero-order valence-electron chi connectivity index (χ0n) is 12.6. The molecule has 2 rings (SSSR count). The molecule has 1 atom stereocenters. The van der Waals surface area contributed by atoms with Crippen LogP contribution in [0, 0.1) is 5.82 Å². The van der Waals surface area contributed by atoms with Gasteiger partial charge < -0.3 is 15.4 Å². The van der Waals surface area contributed by atoms with Crippen molar-refractivity contribution in [2.45, 2.75) is 32.7 Å². The van der Waals surface area contributed by atoms with E-state index in [1.807, 2.05) is 6.92 Å². The zero-order chi connectivity index (χ0) is 16.1. The monoisotopic (exact) mass is 322 g/mol. The predicted molar refractivity (Wildman–Crippen MR) is 86.6 cm³/mol. The van der Waals surface area contributed by atoms with E-state index in [1.54, 1.807) is 19.1 Å². The van der Waals surface area contributed by atoms with Gasteiger partial charge in [-0.1, -0.05) is 25.5 Å². The van der Waals surface area contributed by atoms with Gasteiger partial charge in [-0.3, -0.25) is 0 Å². The second kappa shape index (κ2) is 7.35. The van der Waals surface area contributed by atoms with Gasteiger partial charge in [-0.05, 0) is 43.3 Å². The number of benzene rings is 1. The highest BCUT2D eigenvalue weighted by Crippen LogP contribution is 2.29. The van der Waals surface area contributed by atoms with E-state index in [2.05, 4.69) is 10.6 Å². The molecule has 1 aromatic carbocycles. The van der Waals surface area contributed by atoms with E-state index in [0.29, 0.717) is 22.7 Å². The Morgan fingerprint density at radius 2 is 2.18 bits per heavy atom. The topological polar surface area (TPSA) is 50.4 Å². The van der Waals surface area contributed by atoms with Crippen LogP contribution in [0.4, 0.5) is 4.39 Å². The fraction of sp³-hybridized carbons (Fsp3) is 0.375. The van der Waals surface area contributed by atoms with E-state index in [-0.39, 0.29) is 12.4 Å². The van der Waals surface area contributed by atoms with E-state index in [9.17, 15) is 9.18 Å². The van der Waals surface area contributed by atoms with Gasteiger partial charge in [0, 0.05) is 5.70 Å². The van der Waals surface area contributed by atoms with Gasteiger partial charge in [0.05, 0.1) is 18.2 Å². The number of carbonyl (C=O) groups is 1. The molecular formula is C16H19FN2O2S. The zero-order valence-corrected chi connectivity index (χ0v) is 13.4. The molecule has 0 aliphatic carbocycles. The number of thiocarbonyl (C=S) groups is 1. The lowest BCUT2D eigenvalue weighted by Gasteiger charge is -2.31. The van der Waals surface area contributed by atoms with Crippen molar-refractivity contribution in [3.05, 3.63) is 46.9 Å². The average Bonchev–Trinajstić information content (AvgIpc) is 2.47. The van der Waals surface area contributed by atoms with Crippen LogP contribution in [0.5, 0.6) is 0 Å². The van der Waals surface area contributed by atoms with Crippen molar-refractivity contribution in [3.63, 3.8) is 0 Å². The highest BCUT2D eigenvalue weighted by molar-refractivity contribution is 7.80. The number of halogens is 1. The van der Waals surface area contributed by atoms with Gasteiger partial charge in [-0.2, -0.15) is 0 Å². The average molecular weight is 322 g/mol. The largest absolute Gasteiger partial charge is 0.463 e. The van der Waals surface area contributed by atoms with E-state index >= 15 is 0 Å². The van der Waals surface area contributed by atoms with Crippen LogP contribution in [0.2, 0.25) is 0 Å². The Morgan fingerprint density at radius 3 is 2.82 bits per heavy atom. The molecule has 4 nitrogen and oxygen atoms in total. The maximum absolute atomic E-state index is 13.5. The molecule has 2 N–H and O–H groups in total. The van der Waals surface area contributed by atoms with Crippen molar-refractivity contribution < 1.29 is 13.9 Å². The second-order valence-corrected chi connectivity index (χ2v) is 5.36. The summed E-state index contributed by atoms with van der Waals surface area (Å²) in [5.74, 6) is -0.772. The molecule has 0 spiro atoms.